The predicted molar refractivity (Wildman–Crippen MR) is 49.8 cm³/mol. The molecular formula is C8H6N2O4. The average molecular weight is 194 g/mol. The SMILES string of the molecule is C=Cc1ccc([N+](=O)[O-])cc1[N+](=O)[O-]. The van der Waals surface area contributed by atoms with Crippen molar-refractivity contribution in [2.24, 2.45) is 0 Å². The van der Waals surface area contributed by atoms with Crippen LogP contribution in [0.15, 0.2) is 24.8 Å². The number of non-ortho nitro benzene ring substituents is 1. The van der Waals surface area contributed by atoms with Crippen LogP contribution in [0.1, 0.15) is 5.56 Å². The van der Waals surface area contributed by atoms with Gasteiger partial charge < -0.3 is 0 Å². The van der Waals surface area contributed by atoms with Crippen molar-refractivity contribution in [1.82, 2.24) is 0 Å². The molecule has 0 atom stereocenters. The van der Waals surface area contributed by atoms with Gasteiger partial charge >= 0.3 is 0 Å². The van der Waals surface area contributed by atoms with Gasteiger partial charge in [0.05, 0.1) is 21.5 Å². The number of nitro benzene ring substituents is 2. The summed E-state index contributed by atoms with van der Waals surface area (Å²) in [4.78, 5) is 19.5. The first-order valence-corrected chi connectivity index (χ1v) is 3.61. The van der Waals surface area contributed by atoms with Crippen molar-refractivity contribution in [2.75, 3.05) is 0 Å². The molecule has 0 amide bonds. The van der Waals surface area contributed by atoms with E-state index in [0.29, 0.717) is 0 Å². The number of hydrogen-bond acceptors (Lipinski definition) is 4. The molecule has 0 spiro atoms. The van der Waals surface area contributed by atoms with E-state index in [0.717, 1.165) is 6.07 Å². The number of rotatable bonds is 3. The van der Waals surface area contributed by atoms with Gasteiger partial charge in [-0.1, -0.05) is 12.7 Å². The third-order valence-electron chi connectivity index (χ3n) is 1.64. The maximum atomic E-state index is 10.5. The highest BCUT2D eigenvalue weighted by molar-refractivity contribution is 5.62. The Morgan fingerprint density at radius 3 is 2.29 bits per heavy atom. The molecule has 0 N–H and O–H groups in total. The lowest BCUT2D eigenvalue weighted by molar-refractivity contribution is -0.394. The van der Waals surface area contributed by atoms with E-state index in [-0.39, 0.29) is 16.9 Å². The average Bonchev–Trinajstić information content (AvgIpc) is 2.16. The second-order valence-electron chi connectivity index (χ2n) is 2.46. The standard InChI is InChI=1S/C8H6N2O4/c1-2-6-3-4-7(9(11)12)5-8(6)10(13)14/h2-5H,1H2. The molecular weight excluding hydrogens is 188 g/mol. The van der Waals surface area contributed by atoms with Gasteiger partial charge in [-0.05, 0) is 6.07 Å². The van der Waals surface area contributed by atoms with E-state index < -0.39 is 9.85 Å². The zero-order valence-corrected chi connectivity index (χ0v) is 7.04. The molecule has 1 rings (SSSR count). The summed E-state index contributed by atoms with van der Waals surface area (Å²) in [6, 6.07) is 3.41. The van der Waals surface area contributed by atoms with E-state index in [4.69, 9.17) is 0 Å². The Morgan fingerprint density at radius 1 is 1.21 bits per heavy atom. The summed E-state index contributed by atoms with van der Waals surface area (Å²) in [5, 5.41) is 20.8. The van der Waals surface area contributed by atoms with E-state index in [1.165, 1.54) is 18.2 Å². The number of benzene rings is 1. The smallest absolute Gasteiger partial charge is 0.258 e. The summed E-state index contributed by atoms with van der Waals surface area (Å²) >= 11 is 0. The number of hydrogen-bond donors (Lipinski definition) is 0. The van der Waals surface area contributed by atoms with E-state index in [9.17, 15) is 20.2 Å². The Balaban J connectivity index is 3.34. The summed E-state index contributed by atoms with van der Waals surface area (Å²) in [5.74, 6) is 0. The monoisotopic (exact) mass is 194 g/mol. The van der Waals surface area contributed by atoms with Crippen LogP contribution >= 0.6 is 0 Å². The predicted octanol–water partition coefficient (Wildman–Crippen LogP) is 2.15. The molecule has 0 saturated heterocycles. The molecule has 1 aromatic carbocycles. The minimum absolute atomic E-state index is 0.264. The zero-order valence-electron chi connectivity index (χ0n) is 7.04. The molecule has 0 heterocycles. The van der Waals surface area contributed by atoms with Crippen molar-refractivity contribution in [3.63, 3.8) is 0 Å². The Morgan fingerprint density at radius 2 is 1.86 bits per heavy atom. The second kappa shape index (κ2) is 3.65. The van der Waals surface area contributed by atoms with Crippen LogP contribution in [0.4, 0.5) is 11.4 Å². The summed E-state index contributed by atoms with van der Waals surface area (Å²) < 4.78 is 0. The van der Waals surface area contributed by atoms with Gasteiger partial charge in [0.25, 0.3) is 11.4 Å². The molecule has 0 aliphatic carbocycles. The zero-order chi connectivity index (χ0) is 10.7. The van der Waals surface area contributed by atoms with Gasteiger partial charge in [-0.3, -0.25) is 20.2 Å². The number of nitrogens with zero attached hydrogens (tertiary/aromatic N) is 2. The third kappa shape index (κ3) is 1.74. The van der Waals surface area contributed by atoms with E-state index in [2.05, 4.69) is 6.58 Å². The molecule has 6 nitrogen and oxygen atoms in total. The topological polar surface area (TPSA) is 86.3 Å². The van der Waals surface area contributed by atoms with Crippen LogP contribution in [0, 0.1) is 20.2 Å². The van der Waals surface area contributed by atoms with Gasteiger partial charge in [-0.15, -0.1) is 0 Å². The lowest BCUT2D eigenvalue weighted by Gasteiger charge is -1.96. The number of nitro groups is 2. The van der Waals surface area contributed by atoms with Gasteiger partial charge in [-0.2, -0.15) is 0 Å². The maximum Gasteiger partial charge on any atom is 0.283 e. The molecule has 14 heavy (non-hydrogen) atoms. The van der Waals surface area contributed by atoms with Gasteiger partial charge in [0.1, 0.15) is 0 Å². The highest BCUT2D eigenvalue weighted by Gasteiger charge is 2.16. The van der Waals surface area contributed by atoms with Crippen molar-refractivity contribution < 1.29 is 9.85 Å². The first-order valence-electron chi connectivity index (χ1n) is 3.61. The molecule has 0 radical (unpaired) electrons. The van der Waals surface area contributed by atoms with E-state index >= 15 is 0 Å². The first kappa shape index (κ1) is 9.85. The molecule has 0 bridgehead atoms. The molecule has 1 aromatic rings. The maximum absolute atomic E-state index is 10.5. The molecule has 6 heteroatoms. The molecule has 0 aliphatic heterocycles. The van der Waals surface area contributed by atoms with Gasteiger partial charge in [-0.25, -0.2) is 0 Å². The largest absolute Gasteiger partial charge is 0.283 e. The Labute approximate surface area is 78.8 Å². The third-order valence-corrected chi connectivity index (χ3v) is 1.64. The molecule has 0 unspecified atom stereocenters. The summed E-state index contributed by atoms with van der Waals surface area (Å²) in [5.41, 5.74) is -0.350. The van der Waals surface area contributed by atoms with Crippen LogP contribution < -0.4 is 0 Å². The molecule has 0 aliphatic rings. The minimum Gasteiger partial charge on any atom is -0.258 e. The van der Waals surface area contributed by atoms with Crippen molar-refractivity contribution in [3.05, 3.63) is 50.6 Å². The van der Waals surface area contributed by atoms with Crippen LogP contribution in [0.5, 0.6) is 0 Å². The summed E-state index contributed by atoms with van der Waals surface area (Å²) in [7, 11) is 0. The lowest BCUT2D eigenvalue weighted by Crippen LogP contribution is -1.94. The second-order valence-corrected chi connectivity index (χ2v) is 2.46. The van der Waals surface area contributed by atoms with Crippen molar-refractivity contribution >= 4 is 17.5 Å². The van der Waals surface area contributed by atoms with E-state index in [1.54, 1.807) is 0 Å². The van der Waals surface area contributed by atoms with Crippen molar-refractivity contribution in [2.45, 2.75) is 0 Å². The van der Waals surface area contributed by atoms with Gasteiger partial charge in [0.15, 0.2) is 0 Å². The quantitative estimate of drug-likeness (QED) is 0.544. The summed E-state index contributed by atoms with van der Waals surface area (Å²) in [6.45, 7) is 3.37. The summed E-state index contributed by atoms with van der Waals surface area (Å²) in [6.07, 6.45) is 1.28. The Kier molecular flexibility index (Phi) is 2.57. The normalized spacial score (nSPS) is 9.43. The fourth-order valence-electron chi connectivity index (χ4n) is 0.976. The van der Waals surface area contributed by atoms with Crippen LogP contribution in [0.2, 0.25) is 0 Å². The fraction of sp³-hybridized carbons (Fsp3) is 0. The molecule has 0 aromatic heterocycles. The van der Waals surface area contributed by atoms with Crippen LogP contribution in [-0.2, 0) is 0 Å². The van der Waals surface area contributed by atoms with Gasteiger partial charge in [0.2, 0.25) is 0 Å². The van der Waals surface area contributed by atoms with Crippen molar-refractivity contribution in [1.29, 1.82) is 0 Å². The lowest BCUT2D eigenvalue weighted by atomic mass is 10.1. The molecule has 0 fully saturated rings. The van der Waals surface area contributed by atoms with Crippen LogP contribution in [0.3, 0.4) is 0 Å². The van der Waals surface area contributed by atoms with Crippen LogP contribution in [-0.4, -0.2) is 9.85 Å². The van der Waals surface area contributed by atoms with Crippen molar-refractivity contribution in [3.8, 4) is 0 Å². The highest BCUT2D eigenvalue weighted by atomic mass is 16.6. The minimum atomic E-state index is -0.681. The molecule has 72 valence electrons. The van der Waals surface area contributed by atoms with Crippen LogP contribution in [0.25, 0.3) is 6.08 Å². The molecule has 0 saturated carbocycles. The highest BCUT2D eigenvalue weighted by Crippen LogP contribution is 2.24. The first-order chi connectivity index (χ1) is 6.56. The van der Waals surface area contributed by atoms with Gasteiger partial charge in [0, 0.05) is 6.07 Å². The Hall–Kier alpha value is -2.24. The Bertz CT molecular complexity index is 414. The fourth-order valence-corrected chi connectivity index (χ4v) is 0.976. The van der Waals surface area contributed by atoms with E-state index in [1.807, 2.05) is 0 Å².